The molecular formula is C25H42ClNO7. The van der Waals surface area contributed by atoms with Crippen LogP contribution in [0, 0.1) is 34.5 Å². The van der Waals surface area contributed by atoms with Gasteiger partial charge in [0.2, 0.25) is 0 Å². The first kappa shape index (κ1) is 25.6. The fourth-order valence-corrected chi connectivity index (χ4v) is 11.0. The Labute approximate surface area is 208 Å². The number of piperidine rings is 1. The second-order valence-electron chi connectivity index (χ2n) is 11.9. The molecule has 6 fully saturated rings. The van der Waals surface area contributed by atoms with Crippen molar-refractivity contribution < 1.29 is 34.3 Å². The smallest absolute Gasteiger partial charge is 0.136 e. The molecule has 1 aliphatic heterocycles. The van der Waals surface area contributed by atoms with E-state index in [9.17, 15) is 15.3 Å². The van der Waals surface area contributed by atoms with Gasteiger partial charge in [-0.1, -0.05) is 6.92 Å². The number of methoxy groups -OCH3 is 4. The molecule has 0 aromatic carbocycles. The molecule has 0 amide bonds. The van der Waals surface area contributed by atoms with Gasteiger partial charge in [0.25, 0.3) is 0 Å². The summed E-state index contributed by atoms with van der Waals surface area (Å²) in [5.41, 5.74) is -3.82. The van der Waals surface area contributed by atoms with Crippen molar-refractivity contribution in [3.8, 4) is 0 Å². The number of aliphatic hydroxyl groups excluding tert-OH is 1. The van der Waals surface area contributed by atoms with Crippen LogP contribution in [0.3, 0.4) is 0 Å². The minimum absolute atomic E-state index is 0. The minimum atomic E-state index is -1.55. The molecule has 5 saturated carbocycles. The molecule has 34 heavy (non-hydrogen) atoms. The standard InChI is InChI=1S/C25H41NO7.ClH/c1-6-26-11-22(12-30-2)8-7-16(27)24-14-9-13-15(31-3)10-23(28,17(14)18(13)32-4)25(29,21(24)26)20(33-5)19(22)24;/h13-21,27-29H,6-12H2,1-5H3;1H/t13-,14-,15+,16+,17-,18+,19-,20+,21?,22+,23-,24+,25+;/m1./s1. The molecule has 1 saturated heterocycles. The van der Waals surface area contributed by atoms with E-state index < -0.39 is 28.8 Å². The first-order valence-electron chi connectivity index (χ1n) is 12.7. The Morgan fingerprint density at radius 1 is 1.06 bits per heavy atom. The summed E-state index contributed by atoms with van der Waals surface area (Å²) in [6, 6.07) is -0.386. The van der Waals surface area contributed by atoms with Crippen molar-refractivity contribution in [3.05, 3.63) is 0 Å². The highest BCUT2D eigenvalue weighted by Crippen LogP contribution is 2.80. The van der Waals surface area contributed by atoms with Crippen LogP contribution in [-0.4, -0.2) is 110 Å². The van der Waals surface area contributed by atoms with E-state index in [-0.39, 0.29) is 59.7 Å². The highest BCUT2D eigenvalue weighted by molar-refractivity contribution is 5.85. The lowest BCUT2D eigenvalue weighted by Crippen LogP contribution is -2.82. The fraction of sp³-hybridized carbons (Fsp3) is 1.00. The van der Waals surface area contributed by atoms with Crippen molar-refractivity contribution in [2.75, 3.05) is 48.1 Å². The summed E-state index contributed by atoms with van der Waals surface area (Å²) in [5.74, 6) is -0.231. The lowest BCUT2D eigenvalue weighted by atomic mass is 9.42. The van der Waals surface area contributed by atoms with Crippen LogP contribution in [-0.2, 0) is 18.9 Å². The fourth-order valence-electron chi connectivity index (χ4n) is 11.0. The summed E-state index contributed by atoms with van der Waals surface area (Å²) >= 11 is 0. The molecule has 5 aliphatic carbocycles. The molecular weight excluding hydrogens is 462 g/mol. The van der Waals surface area contributed by atoms with E-state index in [0.29, 0.717) is 19.4 Å². The SMILES string of the molecule is CCN1C[C@]2(COC)CC[C@H](O)[C@]34C1[C@@](O)([C@@H](OC)[C@H]23)[C@@]1(O)C[C@H](OC)[C@H]2C[C@@H]4[C@@H]1[C@H]2OC.Cl. The number of fused-ring (bicyclic) bond motifs is 2. The summed E-state index contributed by atoms with van der Waals surface area (Å²) in [6.07, 6.45) is 1.06. The average molecular weight is 504 g/mol. The minimum Gasteiger partial charge on any atom is -0.392 e. The number of hydrogen-bond donors (Lipinski definition) is 3. The van der Waals surface area contributed by atoms with Crippen LogP contribution in [0.1, 0.15) is 32.6 Å². The Morgan fingerprint density at radius 3 is 2.38 bits per heavy atom. The quantitative estimate of drug-likeness (QED) is 0.487. The number of ether oxygens (including phenoxy) is 4. The molecule has 1 spiro atoms. The number of likely N-dealkylation sites (tertiary alicyclic amines) is 1. The van der Waals surface area contributed by atoms with E-state index in [0.717, 1.165) is 25.9 Å². The summed E-state index contributed by atoms with van der Waals surface area (Å²) in [4.78, 5) is 2.33. The van der Waals surface area contributed by atoms with Crippen molar-refractivity contribution in [2.45, 2.75) is 74.3 Å². The van der Waals surface area contributed by atoms with E-state index in [1.54, 1.807) is 28.4 Å². The second kappa shape index (κ2) is 7.98. The van der Waals surface area contributed by atoms with Gasteiger partial charge in [-0.3, -0.25) is 4.90 Å². The topological polar surface area (TPSA) is 101 Å². The van der Waals surface area contributed by atoms with E-state index in [1.807, 2.05) is 0 Å². The van der Waals surface area contributed by atoms with Crippen molar-refractivity contribution in [2.24, 2.45) is 34.5 Å². The molecule has 196 valence electrons. The molecule has 1 unspecified atom stereocenters. The highest BCUT2D eigenvalue weighted by Gasteiger charge is 2.91. The van der Waals surface area contributed by atoms with Gasteiger partial charge in [0.05, 0.1) is 37.1 Å². The molecule has 9 heteroatoms. The molecule has 1 heterocycles. The molecule has 13 atom stereocenters. The predicted octanol–water partition coefficient (Wildman–Crippen LogP) is 0.693. The zero-order valence-corrected chi connectivity index (χ0v) is 21.8. The summed E-state index contributed by atoms with van der Waals surface area (Å²) in [7, 11) is 6.79. The van der Waals surface area contributed by atoms with Crippen molar-refractivity contribution >= 4 is 12.4 Å². The maximum absolute atomic E-state index is 12.9. The van der Waals surface area contributed by atoms with Gasteiger partial charge >= 0.3 is 0 Å². The van der Waals surface area contributed by atoms with Gasteiger partial charge < -0.3 is 34.3 Å². The van der Waals surface area contributed by atoms with Gasteiger partial charge in [-0.25, -0.2) is 0 Å². The van der Waals surface area contributed by atoms with E-state index in [1.165, 1.54) is 0 Å². The maximum Gasteiger partial charge on any atom is 0.136 e. The van der Waals surface area contributed by atoms with E-state index in [2.05, 4.69) is 11.8 Å². The van der Waals surface area contributed by atoms with Crippen LogP contribution in [0.25, 0.3) is 0 Å². The number of aliphatic hydroxyl groups is 3. The second-order valence-corrected chi connectivity index (χ2v) is 11.9. The van der Waals surface area contributed by atoms with Crippen LogP contribution in [0.15, 0.2) is 0 Å². The lowest BCUT2D eigenvalue weighted by molar-refractivity contribution is -0.318. The Bertz CT molecular complexity index is 820. The molecule has 3 N–H and O–H groups in total. The van der Waals surface area contributed by atoms with Gasteiger partial charge in [0, 0.05) is 70.0 Å². The Kier molecular flexibility index (Phi) is 6.01. The number of hydrogen-bond acceptors (Lipinski definition) is 8. The van der Waals surface area contributed by atoms with Crippen LogP contribution in [0.4, 0.5) is 0 Å². The van der Waals surface area contributed by atoms with Gasteiger partial charge in [0.1, 0.15) is 11.2 Å². The first-order chi connectivity index (χ1) is 15.8. The normalized spacial score (nSPS) is 59.1. The van der Waals surface area contributed by atoms with Crippen molar-refractivity contribution in [1.82, 2.24) is 4.90 Å². The van der Waals surface area contributed by atoms with Gasteiger partial charge in [0.15, 0.2) is 0 Å². The third-order valence-electron chi connectivity index (χ3n) is 11.5. The maximum atomic E-state index is 12.9. The molecule has 7 bridgehead atoms. The summed E-state index contributed by atoms with van der Waals surface area (Å²) in [6.45, 7) is 4.18. The Hall–Kier alpha value is -0.0300. The highest BCUT2D eigenvalue weighted by atomic mass is 35.5. The number of rotatable bonds is 6. The van der Waals surface area contributed by atoms with Crippen LogP contribution >= 0.6 is 12.4 Å². The average Bonchev–Trinajstić information content (AvgIpc) is 3.22. The van der Waals surface area contributed by atoms with Crippen LogP contribution < -0.4 is 0 Å². The molecule has 0 aromatic rings. The van der Waals surface area contributed by atoms with E-state index >= 15 is 0 Å². The van der Waals surface area contributed by atoms with Crippen LogP contribution in [0.5, 0.6) is 0 Å². The Balaban J connectivity index is 0.00000241. The molecule has 6 rings (SSSR count). The largest absolute Gasteiger partial charge is 0.392 e. The molecule has 0 aromatic heterocycles. The van der Waals surface area contributed by atoms with E-state index in [4.69, 9.17) is 18.9 Å². The molecule has 0 radical (unpaired) electrons. The third kappa shape index (κ3) is 2.40. The zero-order valence-electron chi connectivity index (χ0n) is 21.0. The monoisotopic (exact) mass is 503 g/mol. The lowest BCUT2D eigenvalue weighted by Gasteiger charge is -2.69. The van der Waals surface area contributed by atoms with Gasteiger partial charge in [-0.05, 0) is 31.7 Å². The van der Waals surface area contributed by atoms with Crippen LogP contribution in [0.2, 0.25) is 0 Å². The number of likely N-dealkylation sites (N-methyl/N-ethyl adjacent to an activating group) is 1. The summed E-state index contributed by atoms with van der Waals surface area (Å²) < 4.78 is 24.0. The molecule has 6 aliphatic rings. The van der Waals surface area contributed by atoms with Crippen molar-refractivity contribution in [3.63, 3.8) is 0 Å². The zero-order chi connectivity index (χ0) is 23.6. The number of halogens is 1. The van der Waals surface area contributed by atoms with Gasteiger partial charge in [-0.15, -0.1) is 12.4 Å². The number of nitrogens with zero attached hydrogens (tertiary/aromatic N) is 1. The predicted molar refractivity (Wildman–Crippen MR) is 126 cm³/mol. The first-order valence-corrected chi connectivity index (χ1v) is 12.7. The molecule has 8 nitrogen and oxygen atoms in total. The van der Waals surface area contributed by atoms with Gasteiger partial charge in [-0.2, -0.15) is 0 Å². The summed E-state index contributed by atoms with van der Waals surface area (Å²) in [5, 5.41) is 37.6. The van der Waals surface area contributed by atoms with Crippen molar-refractivity contribution in [1.29, 1.82) is 0 Å². The third-order valence-corrected chi connectivity index (χ3v) is 11.5. The Morgan fingerprint density at radius 2 is 1.79 bits per heavy atom.